The summed E-state index contributed by atoms with van der Waals surface area (Å²) >= 11 is 0. The molecule has 1 atom stereocenters. The third kappa shape index (κ3) is 4.42. The van der Waals surface area contributed by atoms with Gasteiger partial charge in [-0.05, 0) is 49.8 Å². The monoisotopic (exact) mass is 352 g/mol. The molecule has 1 spiro atoms. The number of nitrogens with one attached hydrogen (secondary N) is 2. The van der Waals surface area contributed by atoms with Crippen LogP contribution in [-0.4, -0.2) is 25.6 Å². The van der Waals surface area contributed by atoms with E-state index in [2.05, 4.69) is 24.5 Å². The molecule has 0 bridgehead atoms. The van der Waals surface area contributed by atoms with Crippen LogP contribution in [0.2, 0.25) is 0 Å². The van der Waals surface area contributed by atoms with Gasteiger partial charge in [0.2, 0.25) is 5.91 Å². The molecular formula is C19H29ClN2O2. The van der Waals surface area contributed by atoms with Crippen LogP contribution < -0.4 is 15.4 Å². The number of ether oxygens (including phenoxy) is 1. The Morgan fingerprint density at radius 1 is 1.33 bits per heavy atom. The minimum absolute atomic E-state index is 0. The van der Waals surface area contributed by atoms with Gasteiger partial charge in [-0.25, -0.2) is 0 Å². The quantitative estimate of drug-likeness (QED) is 0.826. The molecule has 1 aromatic carbocycles. The minimum Gasteiger partial charge on any atom is -0.493 e. The Labute approximate surface area is 151 Å². The number of carbonyl (C=O) groups is 1. The van der Waals surface area contributed by atoms with Crippen molar-refractivity contribution in [3.05, 3.63) is 29.8 Å². The summed E-state index contributed by atoms with van der Waals surface area (Å²) in [6.45, 7) is 7.62. The highest BCUT2D eigenvalue weighted by atomic mass is 35.5. The van der Waals surface area contributed by atoms with Gasteiger partial charge in [-0.1, -0.05) is 32.0 Å². The molecule has 1 unspecified atom stereocenters. The van der Waals surface area contributed by atoms with Crippen molar-refractivity contribution in [1.82, 2.24) is 10.6 Å². The number of benzene rings is 1. The molecular weight excluding hydrogens is 324 g/mol. The predicted octanol–water partition coefficient (Wildman–Crippen LogP) is 3.15. The molecule has 1 aromatic rings. The van der Waals surface area contributed by atoms with E-state index < -0.39 is 0 Å². The number of para-hydroxylation sites is 1. The maximum absolute atomic E-state index is 12.5. The van der Waals surface area contributed by atoms with Gasteiger partial charge in [0.1, 0.15) is 5.75 Å². The fourth-order valence-corrected chi connectivity index (χ4v) is 3.55. The van der Waals surface area contributed by atoms with Crippen molar-refractivity contribution in [2.75, 3.05) is 19.7 Å². The molecule has 1 saturated carbocycles. The lowest BCUT2D eigenvalue weighted by atomic mass is 9.92. The maximum Gasteiger partial charge on any atom is 0.223 e. The van der Waals surface area contributed by atoms with E-state index in [1.54, 1.807) is 0 Å². The van der Waals surface area contributed by atoms with E-state index >= 15 is 0 Å². The first-order chi connectivity index (χ1) is 11.1. The van der Waals surface area contributed by atoms with Crippen molar-refractivity contribution >= 4 is 18.3 Å². The number of piperidine rings is 1. The predicted molar refractivity (Wildman–Crippen MR) is 98.5 cm³/mol. The highest BCUT2D eigenvalue weighted by molar-refractivity contribution is 5.85. The summed E-state index contributed by atoms with van der Waals surface area (Å²) in [6, 6.07) is 7.99. The van der Waals surface area contributed by atoms with Crippen LogP contribution in [0.1, 0.15) is 38.7 Å². The lowest BCUT2D eigenvalue weighted by Crippen LogP contribution is -2.33. The maximum atomic E-state index is 12.5. The van der Waals surface area contributed by atoms with Crippen LogP contribution >= 0.6 is 12.4 Å². The van der Waals surface area contributed by atoms with Gasteiger partial charge in [-0.15, -0.1) is 12.4 Å². The lowest BCUT2D eigenvalue weighted by Gasteiger charge is -2.23. The lowest BCUT2D eigenvalue weighted by molar-refractivity contribution is -0.123. The van der Waals surface area contributed by atoms with Crippen LogP contribution in [-0.2, 0) is 11.3 Å². The first kappa shape index (κ1) is 19.1. The van der Waals surface area contributed by atoms with E-state index in [-0.39, 0.29) is 24.2 Å². The molecule has 0 radical (unpaired) electrons. The van der Waals surface area contributed by atoms with Crippen molar-refractivity contribution in [1.29, 1.82) is 0 Å². The number of amides is 1. The SMILES string of the molecule is CC(C)COc1ccccc1CNC(=O)C1CC12CCNCC2.Cl. The molecule has 24 heavy (non-hydrogen) atoms. The molecule has 1 aliphatic carbocycles. The number of hydrogen-bond acceptors (Lipinski definition) is 3. The van der Waals surface area contributed by atoms with Gasteiger partial charge >= 0.3 is 0 Å². The summed E-state index contributed by atoms with van der Waals surface area (Å²) in [7, 11) is 0. The Kier molecular flexibility index (Phi) is 6.53. The topological polar surface area (TPSA) is 50.4 Å². The first-order valence-electron chi connectivity index (χ1n) is 8.80. The second-order valence-electron chi connectivity index (χ2n) is 7.40. The van der Waals surface area contributed by atoms with Gasteiger partial charge in [0.25, 0.3) is 0 Å². The second kappa shape index (κ2) is 8.21. The zero-order valence-electron chi connectivity index (χ0n) is 14.6. The molecule has 3 rings (SSSR count). The van der Waals surface area contributed by atoms with Gasteiger partial charge in [0, 0.05) is 18.0 Å². The van der Waals surface area contributed by atoms with Crippen LogP contribution in [0, 0.1) is 17.3 Å². The summed E-state index contributed by atoms with van der Waals surface area (Å²) in [5, 5.41) is 6.50. The average molecular weight is 353 g/mol. The summed E-state index contributed by atoms with van der Waals surface area (Å²) in [5.74, 6) is 1.80. The van der Waals surface area contributed by atoms with E-state index in [9.17, 15) is 4.79 Å². The zero-order valence-corrected chi connectivity index (χ0v) is 15.5. The Bertz CT molecular complexity index is 556. The Morgan fingerprint density at radius 2 is 2.04 bits per heavy atom. The van der Waals surface area contributed by atoms with E-state index in [0.717, 1.165) is 43.7 Å². The van der Waals surface area contributed by atoms with Crippen LogP contribution in [0.15, 0.2) is 24.3 Å². The fraction of sp³-hybridized carbons (Fsp3) is 0.632. The normalized spacial score (nSPS) is 21.2. The zero-order chi connectivity index (χ0) is 16.3. The van der Waals surface area contributed by atoms with E-state index in [1.165, 1.54) is 0 Å². The summed E-state index contributed by atoms with van der Waals surface area (Å²) in [6.07, 6.45) is 3.34. The van der Waals surface area contributed by atoms with Crippen molar-refractivity contribution in [2.45, 2.75) is 39.7 Å². The first-order valence-corrected chi connectivity index (χ1v) is 8.80. The molecule has 2 N–H and O–H groups in total. The fourth-order valence-electron chi connectivity index (χ4n) is 3.55. The van der Waals surface area contributed by atoms with Crippen molar-refractivity contribution in [3.8, 4) is 5.75 Å². The summed E-state index contributed by atoms with van der Waals surface area (Å²) in [5.41, 5.74) is 1.35. The third-order valence-electron chi connectivity index (χ3n) is 5.10. The van der Waals surface area contributed by atoms with Crippen molar-refractivity contribution in [2.24, 2.45) is 17.3 Å². The van der Waals surface area contributed by atoms with Crippen molar-refractivity contribution < 1.29 is 9.53 Å². The molecule has 5 heteroatoms. The largest absolute Gasteiger partial charge is 0.493 e. The number of halogens is 1. The van der Waals surface area contributed by atoms with Gasteiger partial charge in [0.15, 0.2) is 0 Å². The van der Waals surface area contributed by atoms with Crippen LogP contribution in [0.3, 0.4) is 0 Å². The summed E-state index contributed by atoms with van der Waals surface area (Å²) in [4.78, 5) is 12.5. The smallest absolute Gasteiger partial charge is 0.223 e. The molecule has 1 heterocycles. The van der Waals surface area contributed by atoms with Gasteiger partial charge in [-0.3, -0.25) is 4.79 Å². The van der Waals surface area contributed by atoms with Crippen molar-refractivity contribution in [3.63, 3.8) is 0 Å². The van der Waals surface area contributed by atoms with Crippen LogP contribution in [0.5, 0.6) is 5.75 Å². The molecule has 1 aliphatic heterocycles. The molecule has 0 aromatic heterocycles. The number of rotatable bonds is 6. The van der Waals surface area contributed by atoms with Crippen LogP contribution in [0.25, 0.3) is 0 Å². The van der Waals surface area contributed by atoms with Crippen LogP contribution in [0.4, 0.5) is 0 Å². The van der Waals surface area contributed by atoms with Gasteiger partial charge in [-0.2, -0.15) is 0 Å². The second-order valence-corrected chi connectivity index (χ2v) is 7.40. The molecule has 2 aliphatic rings. The van der Waals surface area contributed by atoms with E-state index in [4.69, 9.17) is 4.74 Å². The van der Waals surface area contributed by atoms with E-state index in [0.29, 0.717) is 24.5 Å². The Morgan fingerprint density at radius 3 is 2.75 bits per heavy atom. The van der Waals surface area contributed by atoms with E-state index in [1.807, 2.05) is 24.3 Å². The molecule has 1 amide bonds. The Hall–Kier alpha value is -1.26. The molecule has 4 nitrogen and oxygen atoms in total. The summed E-state index contributed by atoms with van der Waals surface area (Å²) < 4.78 is 5.86. The number of carbonyl (C=O) groups excluding carboxylic acids is 1. The third-order valence-corrected chi connectivity index (χ3v) is 5.10. The highest BCUT2D eigenvalue weighted by Gasteiger charge is 2.57. The molecule has 1 saturated heterocycles. The molecule has 2 fully saturated rings. The number of hydrogen-bond donors (Lipinski definition) is 2. The minimum atomic E-state index is 0. The average Bonchev–Trinajstić information content (AvgIpc) is 3.25. The van der Waals surface area contributed by atoms with Gasteiger partial charge < -0.3 is 15.4 Å². The molecule has 134 valence electrons. The standard InChI is InChI=1S/C19H28N2O2.ClH/c1-14(2)13-23-17-6-4-3-5-15(17)12-21-18(22)16-11-19(16)7-9-20-10-8-19;/h3-6,14,16,20H,7-13H2,1-2H3,(H,21,22);1H. The highest BCUT2D eigenvalue weighted by Crippen LogP contribution is 2.58. The van der Waals surface area contributed by atoms with Gasteiger partial charge in [0.05, 0.1) is 6.61 Å². The Balaban J connectivity index is 0.00000208.